The number of halogens is 3. The number of likely N-dealkylation sites (tertiary alicyclic amines) is 1. The van der Waals surface area contributed by atoms with Gasteiger partial charge in [-0.15, -0.1) is 0 Å². The molecule has 1 amide bonds. The number of nitrogens with zero attached hydrogens (tertiary/aromatic N) is 2. The van der Waals surface area contributed by atoms with Crippen LogP contribution in [0.1, 0.15) is 50.8 Å². The average Bonchev–Trinajstić information content (AvgIpc) is 2.80. The Morgan fingerprint density at radius 3 is 2.63 bits per heavy atom. The minimum absolute atomic E-state index is 0.0369. The summed E-state index contributed by atoms with van der Waals surface area (Å²) in [6, 6.07) is 8.03. The van der Waals surface area contributed by atoms with Crippen molar-refractivity contribution >= 4 is 23.1 Å². The number of fused-ring (bicyclic) bond motifs is 1. The second-order valence-electron chi connectivity index (χ2n) is 9.98. The molecule has 2 aliphatic heterocycles. The highest BCUT2D eigenvalue weighted by Gasteiger charge is 2.30. The van der Waals surface area contributed by atoms with Gasteiger partial charge in [-0.05, 0) is 54.5 Å². The molecule has 0 radical (unpaired) electrons. The number of nitrogens with one attached hydrogen (secondary N) is 2. The molecule has 0 spiro atoms. The summed E-state index contributed by atoms with van der Waals surface area (Å²) in [6.07, 6.45) is 6.70. The lowest BCUT2D eigenvalue weighted by Crippen LogP contribution is -2.47. The lowest BCUT2D eigenvalue weighted by Gasteiger charge is -2.34. The van der Waals surface area contributed by atoms with Crippen LogP contribution in [0.2, 0.25) is 5.02 Å². The van der Waals surface area contributed by atoms with Gasteiger partial charge in [-0.1, -0.05) is 36.7 Å². The van der Waals surface area contributed by atoms with Gasteiger partial charge in [0.15, 0.2) is 0 Å². The third-order valence-corrected chi connectivity index (χ3v) is 6.92. The quantitative estimate of drug-likeness (QED) is 0.581. The first kappa shape index (κ1) is 25.7. The molecule has 3 heterocycles. The number of pyridine rings is 1. The molecule has 2 aromatic rings. The van der Waals surface area contributed by atoms with Crippen molar-refractivity contribution in [2.45, 2.75) is 51.6 Å². The zero-order valence-corrected chi connectivity index (χ0v) is 21.2. The smallest absolute Gasteiger partial charge is 0.257 e. The molecular weight excluding hydrogens is 470 g/mol. The maximum absolute atomic E-state index is 13.6. The van der Waals surface area contributed by atoms with Crippen molar-refractivity contribution in [3.8, 4) is 11.1 Å². The van der Waals surface area contributed by atoms with Gasteiger partial charge in [-0.2, -0.15) is 0 Å². The first-order valence-electron chi connectivity index (χ1n) is 12.2. The van der Waals surface area contributed by atoms with Gasteiger partial charge in [-0.25, -0.2) is 8.78 Å². The Bertz CT molecular complexity index is 1090. The summed E-state index contributed by atoms with van der Waals surface area (Å²) in [5, 5.41) is 7.29. The van der Waals surface area contributed by atoms with E-state index in [4.69, 9.17) is 11.6 Å². The first-order valence-corrected chi connectivity index (χ1v) is 12.6. The molecule has 1 saturated heterocycles. The number of hydrogen-bond donors (Lipinski definition) is 2. The van der Waals surface area contributed by atoms with Gasteiger partial charge in [0.1, 0.15) is 0 Å². The predicted octanol–water partition coefficient (Wildman–Crippen LogP) is 5.32. The molecule has 2 aliphatic rings. The van der Waals surface area contributed by atoms with E-state index in [9.17, 15) is 13.6 Å². The molecule has 8 heteroatoms. The molecule has 5 nitrogen and oxygen atoms in total. The van der Waals surface area contributed by atoms with Crippen LogP contribution in [-0.4, -0.2) is 53.9 Å². The zero-order valence-electron chi connectivity index (χ0n) is 20.5. The van der Waals surface area contributed by atoms with Crippen molar-refractivity contribution in [3.63, 3.8) is 0 Å². The first-order chi connectivity index (χ1) is 16.6. The lowest BCUT2D eigenvalue weighted by atomic mass is 9.88. The van der Waals surface area contributed by atoms with E-state index in [0.717, 1.165) is 35.7 Å². The molecule has 188 valence electrons. The van der Waals surface area contributed by atoms with Gasteiger partial charge in [-0.3, -0.25) is 14.7 Å². The standard InChI is InChI=1S/C27H33ClF2N4O/c1-17-10-25(26(35)33-22-6-8-34(9-7-22)16-27(3,29)30)24-12-19(20-11-21(28)15-31-14-20)4-5-23(24)18(2)32-13-17/h4-5,10-12,14-15,17-18,22,32H,6-9,13,16H2,1-3H3,(H,33,35). The van der Waals surface area contributed by atoms with Gasteiger partial charge in [0, 0.05) is 62.2 Å². The van der Waals surface area contributed by atoms with Crippen molar-refractivity contribution in [1.82, 2.24) is 20.5 Å². The SMILES string of the molecule is CC1C=C(C(=O)NC2CCN(CC(C)(F)F)CC2)c2cc(-c3cncc(Cl)c3)ccc2C(C)NC1. The number of alkyl halides is 2. The van der Waals surface area contributed by atoms with E-state index in [-0.39, 0.29) is 30.5 Å². The van der Waals surface area contributed by atoms with Crippen molar-refractivity contribution in [1.29, 1.82) is 0 Å². The summed E-state index contributed by atoms with van der Waals surface area (Å²) in [4.78, 5) is 19.6. The Labute approximate surface area is 211 Å². The van der Waals surface area contributed by atoms with Crippen LogP contribution in [-0.2, 0) is 4.79 Å². The maximum atomic E-state index is 13.6. The maximum Gasteiger partial charge on any atom is 0.257 e. The van der Waals surface area contributed by atoms with Crippen LogP contribution >= 0.6 is 11.6 Å². The zero-order chi connectivity index (χ0) is 25.2. The summed E-state index contributed by atoms with van der Waals surface area (Å²) in [7, 11) is 0. The Hall–Kier alpha value is -2.35. The van der Waals surface area contributed by atoms with E-state index in [1.54, 1.807) is 17.3 Å². The fourth-order valence-corrected chi connectivity index (χ4v) is 5.09. The largest absolute Gasteiger partial charge is 0.349 e. The molecule has 2 unspecified atom stereocenters. The highest BCUT2D eigenvalue weighted by atomic mass is 35.5. The van der Waals surface area contributed by atoms with Gasteiger partial charge >= 0.3 is 0 Å². The van der Waals surface area contributed by atoms with Crippen LogP contribution in [0, 0.1) is 5.92 Å². The molecule has 0 aliphatic carbocycles. The van der Waals surface area contributed by atoms with Crippen molar-refractivity contribution in [2.75, 3.05) is 26.2 Å². The molecule has 2 atom stereocenters. The Morgan fingerprint density at radius 1 is 1.20 bits per heavy atom. The summed E-state index contributed by atoms with van der Waals surface area (Å²) in [5.41, 5.74) is 4.41. The lowest BCUT2D eigenvalue weighted by molar-refractivity contribution is -0.116. The van der Waals surface area contributed by atoms with E-state index in [0.29, 0.717) is 36.5 Å². The Morgan fingerprint density at radius 2 is 1.94 bits per heavy atom. The van der Waals surface area contributed by atoms with Crippen molar-refractivity contribution in [3.05, 3.63) is 58.9 Å². The number of benzene rings is 1. The third kappa shape index (κ3) is 6.66. The van der Waals surface area contributed by atoms with E-state index in [2.05, 4.69) is 35.5 Å². The van der Waals surface area contributed by atoms with E-state index >= 15 is 0 Å². The molecule has 0 bridgehead atoms. The van der Waals surface area contributed by atoms with Crippen LogP contribution in [0.5, 0.6) is 0 Å². The van der Waals surface area contributed by atoms with Crippen molar-refractivity contribution < 1.29 is 13.6 Å². The number of carbonyl (C=O) groups excluding carboxylic acids is 1. The van der Waals surface area contributed by atoms with Gasteiger partial charge in [0.2, 0.25) is 0 Å². The Kier molecular flexibility index (Phi) is 7.89. The van der Waals surface area contributed by atoms with Gasteiger partial charge in [0.05, 0.1) is 11.6 Å². The molecule has 1 fully saturated rings. The summed E-state index contributed by atoms with van der Waals surface area (Å²) < 4.78 is 26.8. The number of carbonyl (C=O) groups is 1. The van der Waals surface area contributed by atoms with E-state index in [1.165, 1.54) is 0 Å². The summed E-state index contributed by atoms with van der Waals surface area (Å²) >= 11 is 6.17. The number of piperidine rings is 1. The molecule has 35 heavy (non-hydrogen) atoms. The third-order valence-electron chi connectivity index (χ3n) is 6.71. The number of amides is 1. The molecule has 4 rings (SSSR count). The second-order valence-corrected chi connectivity index (χ2v) is 10.4. The second kappa shape index (κ2) is 10.7. The number of aromatic nitrogens is 1. The van der Waals surface area contributed by atoms with Crippen LogP contribution in [0.15, 0.2) is 42.7 Å². The minimum Gasteiger partial charge on any atom is -0.349 e. The predicted molar refractivity (Wildman–Crippen MR) is 136 cm³/mol. The van der Waals surface area contributed by atoms with Crippen LogP contribution in [0.4, 0.5) is 8.78 Å². The van der Waals surface area contributed by atoms with Crippen LogP contribution < -0.4 is 10.6 Å². The topological polar surface area (TPSA) is 57.3 Å². The molecule has 2 N–H and O–H groups in total. The summed E-state index contributed by atoms with van der Waals surface area (Å²) in [5.74, 6) is -2.66. The number of hydrogen-bond acceptors (Lipinski definition) is 4. The molecule has 1 aromatic heterocycles. The molecule has 0 saturated carbocycles. The average molecular weight is 503 g/mol. The van der Waals surface area contributed by atoms with E-state index in [1.807, 2.05) is 24.3 Å². The highest BCUT2D eigenvalue weighted by molar-refractivity contribution is 6.30. The summed E-state index contributed by atoms with van der Waals surface area (Å²) in [6.45, 7) is 6.76. The Balaban J connectivity index is 1.59. The van der Waals surface area contributed by atoms with E-state index < -0.39 is 5.92 Å². The van der Waals surface area contributed by atoms with Gasteiger partial charge < -0.3 is 10.6 Å². The van der Waals surface area contributed by atoms with Gasteiger partial charge in [0.25, 0.3) is 11.8 Å². The minimum atomic E-state index is -2.71. The number of rotatable bonds is 5. The molecule has 1 aromatic carbocycles. The van der Waals surface area contributed by atoms with Crippen molar-refractivity contribution in [2.24, 2.45) is 5.92 Å². The fourth-order valence-electron chi connectivity index (χ4n) is 4.91. The highest BCUT2D eigenvalue weighted by Crippen LogP contribution is 2.33. The molecular formula is C27H33ClF2N4O. The van der Waals surface area contributed by atoms with Crippen LogP contribution in [0.3, 0.4) is 0 Å². The van der Waals surface area contributed by atoms with Crippen LogP contribution in [0.25, 0.3) is 16.7 Å². The fraction of sp³-hybridized carbons (Fsp3) is 0.481. The normalized spacial score (nSPS) is 22.1. The monoisotopic (exact) mass is 502 g/mol.